The predicted molar refractivity (Wildman–Crippen MR) is 84.0 cm³/mol. The second-order valence-corrected chi connectivity index (χ2v) is 7.29. The molecule has 1 aliphatic rings. The van der Waals surface area contributed by atoms with Gasteiger partial charge in [-0.1, -0.05) is 27.7 Å². The van der Waals surface area contributed by atoms with Gasteiger partial charge < -0.3 is 5.32 Å². The second-order valence-electron chi connectivity index (χ2n) is 6.17. The number of nitrogens with one attached hydrogen (secondary N) is 1. The van der Waals surface area contributed by atoms with Crippen LogP contribution in [-0.2, 0) is 6.54 Å². The maximum Gasteiger partial charge on any atom is 0.0962 e. The molecule has 0 aromatic carbocycles. The third-order valence-corrected chi connectivity index (χ3v) is 5.11. The summed E-state index contributed by atoms with van der Waals surface area (Å²) in [5, 5.41) is 4.97. The maximum absolute atomic E-state index is 4.99. The van der Waals surface area contributed by atoms with E-state index in [-0.39, 0.29) is 0 Å². The van der Waals surface area contributed by atoms with Crippen molar-refractivity contribution in [2.45, 2.75) is 71.8 Å². The Balaban J connectivity index is 2.07. The molecule has 2 nitrogen and oxygen atoms in total. The smallest absolute Gasteiger partial charge is 0.0962 e. The Morgan fingerprint density at radius 3 is 2.47 bits per heavy atom. The lowest BCUT2D eigenvalue weighted by atomic mass is 10.1. The zero-order chi connectivity index (χ0) is 13.8. The molecule has 1 saturated carbocycles. The molecule has 0 spiro atoms. The van der Waals surface area contributed by atoms with E-state index < -0.39 is 0 Å². The Morgan fingerprint density at radius 1 is 1.26 bits per heavy atom. The van der Waals surface area contributed by atoms with Gasteiger partial charge in [-0.05, 0) is 38.1 Å². The second kappa shape index (κ2) is 6.85. The number of hydrogen-bond donors (Lipinski definition) is 1. The Morgan fingerprint density at radius 2 is 1.95 bits per heavy atom. The van der Waals surface area contributed by atoms with Crippen LogP contribution in [0.25, 0.3) is 0 Å². The summed E-state index contributed by atoms with van der Waals surface area (Å²) in [4.78, 5) is 6.50. The molecule has 108 valence electrons. The fourth-order valence-corrected chi connectivity index (χ4v) is 3.86. The van der Waals surface area contributed by atoms with E-state index in [0.29, 0.717) is 5.92 Å². The minimum Gasteiger partial charge on any atom is -0.312 e. The molecule has 1 aromatic heterocycles. The average molecular weight is 280 g/mol. The molecular weight excluding hydrogens is 252 g/mol. The summed E-state index contributed by atoms with van der Waals surface area (Å²) >= 11 is 1.96. The minimum atomic E-state index is 0.668. The fraction of sp³-hybridized carbons (Fsp3) is 0.812. The van der Waals surface area contributed by atoms with E-state index in [1.54, 1.807) is 0 Å². The molecule has 1 N–H and O–H groups in total. The van der Waals surface area contributed by atoms with E-state index >= 15 is 0 Å². The van der Waals surface area contributed by atoms with Crippen molar-refractivity contribution < 1.29 is 0 Å². The van der Waals surface area contributed by atoms with Crippen molar-refractivity contribution in [3.63, 3.8) is 0 Å². The van der Waals surface area contributed by atoms with Crippen molar-refractivity contribution in [2.75, 3.05) is 6.54 Å². The summed E-state index contributed by atoms with van der Waals surface area (Å²) in [5.41, 5.74) is 1.42. The summed E-state index contributed by atoms with van der Waals surface area (Å²) in [5.74, 6) is 2.16. The van der Waals surface area contributed by atoms with Crippen molar-refractivity contribution in [1.29, 1.82) is 0 Å². The highest BCUT2D eigenvalue weighted by molar-refractivity contribution is 7.11. The van der Waals surface area contributed by atoms with E-state index in [0.717, 1.165) is 24.9 Å². The van der Waals surface area contributed by atoms with E-state index in [9.17, 15) is 0 Å². The largest absolute Gasteiger partial charge is 0.312 e. The van der Waals surface area contributed by atoms with Gasteiger partial charge in [-0.2, -0.15) is 0 Å². The van der Waals surface area contributed by atoms with Crippen LogP contribution in [-0.4, -0.2) is 11.5 Å². The van der Waals surface area contributed by atoms with Crippen molar-refractivity contribution >= 4 is 11.3 Å². The van der Waals surface area contributed by atoms with Crippen LogP contribution >= 0.6 is 11.3 Å². The van der Waals surface area contributed by atoms with Crippen molar-refractivity contribution in [3.05, 3.63) is 15.6 Å². The Labute approximate surface area is 122 Å². The molecule has 1 aliphatic carbocycles. The fourth-order valence-electron chi connectivity index (χ4n) is 2.47. The number of thiazole rings is 1. The lowest BCUT2D eigenvalue weighted by Crippen LogP contribution is -2.18. The van der Waals surface area contributed by atoms with E-state index in [2.05, 4.69) is 33.0 Å². The number of aromatic nitrogens is 1. The Kier molecular flexibility index (Phi) is 5.40. The van der Waals surface area contributed by atoms with Crippen LogP contribution < -0.4 is 5.32 Å². The Hall–Kier alpha value is -0.410. The van der Waals surface area contributed by atoms with Gasteiger partial charge in [0.1, 0.15) is 0 Å². The first-order valence-corrected chi connectivity index (χ1v) is 8.67. The molecule has 3 heteroatoms. The van der Waals surface area contributed by atoms with Crippen LogP contribution in [0, 0.1) is 5.92 Å². The molecule has 0 aliphatic heterocycles. The molecular formula is C16H28N2S. The highest BCUT2D eigenvalue weighted by atomic mass is 32.1. The highest BCUT2D eigenvalue weighted by Crippen LogP contribution is 2.44. The van der Waals surface area contributed by atoms with Gasteiger partial charge in [0, 0.05) is 23.3 Å². The molecule has 1 aromatic rings. The average Bonchev–Trinajstić information content (AvgIpc) is 3.13. The van der Waals surface area contributed by atoms with Crippen molar-refractivity contribution in [1.82, 2.24) is 10.3 Å². The minimum absolute atomic E-state index is 0.668. The van der Waals surface area contributed by atoms with Gasteiger partial charge in [0.25, 0.3) is 0 Å². The molecule has 1 fully saturated rings. The van der Waals surface area contributed by atoms with Gasteiger partial charge in [-0.3, -0.25) is 0 Å². The summed E-state index contributed by atoms with van der Waals surface area (Å²) in [6, 6.07) is 0. The summed E-state index contributed by atoms with van der Waals surface area (Å²) in [6.07, 6.45) is 5.13. The molecule has 0 unspecified atom stereocenters. The van der Waals surface area contributed by atoms with Gasteiger partial charge >= 0.3 is 0 Å². The number of rotatable bonds is 8. The highest BCUT2D eigenvalue weighted by Gasteiger charge is 2.30. The zero-order valence-electron chi connectivity index (χ0n) is 12.8. The maximum atomic E-state index is 4.99. The van der Waals surface area contributed by atoms with Crippen LogP contribution in [0.2, 0.25) is 0 Å². The normalized spacial score (nSPS) is 15.7. The third-order valence-electron chi connectivity index (χ3n) is 3.88. The molecule has 0 atom stereocenters. The summed E-state index contributed by atoms with van der Waals surface area (Å²) in [7, 11) is 0. The lowest BCUT2D eigenvalue weighted by molar-refractivity contribution is 0.553. The van der Waals surface area contributed by atoms with E-state index in [4.69, 9.17) is 4.98 Å². The SMILES string of the molecule is CCC(CC)c1nc(C2CC2)c(CNCC(C)C)s1. The Bertz CT molecular complexity index is 389. The molecule has 0 radical (unpaired) electrons. The van der Waals surface area contributed by atoms with E-state index in [1.165, 1.54) is 41.3 Å². The van der Waals surface area contributed by atoms with Gasteiger partial charge in [0.2, 0.25) is 0 Å². The molecule has 0 amide bonds. The molecule has 2 rings (SSSR count). The zero-order valence-corrected chi connectivity index (χ0v) is 13.6. The lowest BCUT2D eigenvalue weighted by Gasteiger charge is -2.07. The van der Waals surface area contributed by atoms with Crippen LogP contribution in [0.15, 0.2) is 0 Å². The van der Waals surface area contributed by atoms with Crippen LogP contribution in [0.3, 0.4) is 0 Å². The van der Waals surface area contributed by atoms with Crippen LogP contribution in [0.1, 0.15) is 80.8 Å². The first kappa shape index (κ1) is 15.0. The summed E-state index contributed by atoms with van der Waals surface area (Å²) < 4.78 is 0. The topological polar surface area (TPSA) is 24.9 Å². The van der Waals surface area contributed by atoms with Gasteiger partial charge in [-0.15, -0.1) is 11.3 Å². The molecule has 19 heavy (non-hydrogen) atoms. The van der Waals surface area contributed by atoms with Crippen LogP contribution in [0.5, 0.6) is 0 Å². The number of hydrogen-bond acceptors (Lipinski definition) is 3. The van der Waals surface area contributed by atoms with E-state index in [1.807, 2.05) is 11.3 Å². The quantitative estimate of drug-likeness (QED) is 0.748. The third kappa shape index (κ3) is 4.03. The monoisotopic (exact) mass is 280 g/mol. The first-order chi connectivity index (χ1) is 9.15. The van der Waals surface area contributed by atoms with Gasteiger partial charge in [0.05, 0.1) is 10.7 Å². The standard InChI is InChI=1S/C16H28N2S/c1-5-12(6-2)16-18-15(13-7-8-13)14(19-16)10-17-9-11(3)4/h11-13,17H,5-10H2,1-4H3. The van der Waals surface area contributed by atoms with Crippen molar-refractivity contribution in [2.24, 2.45) is 5.92 Å². The summed E-state index contributed by atoms with van der Waals surface area (Å²) in [6.45, 7) is 11.2. The predicted octanol–water partition coefficient (Wildman–Crippen LogP) is 4.67. The molecule has 0 saturated heterocycles. The number of nitrogens with zero attached hydrogens (tertiary/aromatic N) is 1. The molecule has 1 heterocycles. The van der Waals surface area contributed by atoms with Crippen molar-refractivity contribution in [3.8, 4) is 0 Å². The van der Waals surface area contributed by atoms with Gasteiger partial charge in [-0.25, -0.2) is 4.98 Å². The van der Waals surface area contributed by atoms with Crippen LogP contribution in [0.4, 0.5) is 0 Å². The first-order valence-electron chi connectivity index (χ1n) is 7.85. The molecule has 0 bridgehead atoms. The van der Waals surface area contributed by atoms with Gasteiger partial charge in [0.15, 0.2) is 0 Å².